The number of ether oxygens (including phenoxy) is 2. The van der Waals surface area contributed by atoms with Gasteiger partial charge in [0, 0.05) is 5.56 Å². The fraction of sp³-hybridized carbons (Fsp3) is 0.167. The lowest BCUT2D eigenvalue weighted by Crippen LogP contribution is -2.28. The number of amides is 1. The number of halogens is 1. The molecule has 0 fully saturated rings. The molecule has 0 aliphatic rings. The van der Waals surface area contributed by atoms with Gasteiger partial charge in [0.15, 0.2) is 18.1 Å². The van der Waals surface area contributed by atoms with Crippen LogP contribution in [-0.4, -0.2) is 29.8 Å². The van der Waals surface area contributed by atoms with E-state index < -0.39 is 0 Å². The number of aromatic nitrogens is 2. The third-order valence-electron chi connectivity index (χ3n) is 3.45. The van der Waals surface area contributed by atoms with Gasteiger partial charge in [0.2, 0.25) is 11.7 Å². The molecular formula is C18H16ClN3O4. The summed E-state index contributed by atoms with van der Waals surface area (Å²) < 4.78 is 15.7. The topological polar surface area (TPSA) is 86.5 Å². The molecule has 2 aromatic carbocycles. The van der Waals surface area contributed by atoms with E-state index in [2.05, 4.69) is 15.5 Å². The summed E-state index contributed by atoms with van der Waals surface area (Å²) in [5.74, 6) is 1.36. The SMILES string of the molecule is COc1ccccc1OCC(=O)NCc1nc(-c2ccccc2Cl)no1. The Labute approximate surface area is 154 Å². The average molecular weight is 374 g/mol. The molecule has 0 saturated heterocycles. The standard InChI is InChI=1S/C18H16ClN3O4/c1-24-14-8-4-5-9-15(14)25-11-16(23)20-10-17-21-18(22-26-17)12-6-2-3-7-13(12)19/h2-9H,10-11H2,1H3,(H,20,23). The highest BCUT2D eigenvalue weighted by Gasteiger charge is 2.13. The molecule has 0 aliphatic carbocycles. The number of methoxy groups -OCH3 is 1. The Morgan fingerprint density at radius 3 is 2.65 bits per heavy atom. The normalized spacial score (nSPS) is 10.4. The highest BCUT2D eigenvalue weighted by atomic mass is 35.5. The molecule has 0 radical (unpaired) electrons. The van der Waals surface area contributed by atoms with Gasteiger partial charge in [-0.1, -0.05) is 41.0 Å². The fourth-order valence-corrected chi connectivity index (χ4v) is 2.41. The number of carbonyl (C=O) groups excluding carboxylic acids is 1. The minimum absolute atomic E-state index is 0.0889. The molecule has 0 bridgehead atoms. The smallest absolute Gasteiger partial charge is 0.258 e. The number of hydrogen-bond donors (Lipinski definition) is 1. The van der Waals surface area contributed by atoms with Gasteiger partial charge in [0.1, 0.15) is 0 Å². The summed E-state index contributed by atoms with van der Waals surface area (Å²) in [4.78, 5) is 16.2. The maximum atomic E-state index is 11.9. The summed E-state index contributed by atoms with van der Waals surface area (Å²) in [6.07, 6.45) is 0. The summed E-state index contributed by atoms with van der Waals surface area (Å²) in [6, 6.07) is 14.3. The number of nitrogens with zero attached hydrogens (tertiary/aromatic N) is 2. The first-order chi connectivity index (χ1) is 12.7. The van der Waals surface area contributed by atoms with Gasteiger partial charge in [-0.3, -0.25) is 4.79 Å². The highest BCUT2D eigenvalue weighted by molar-refractivity contribution is 6.33. The Bertz CT molecular complexity index is 897. The van der Waals surface area contributed by atoms with Gasteiger partial charge >= 0.3 is 0 Å². The van der Waals surface area contributed by atoms with E-state index in [0.717, 1.165) is 0 Å². The van der Waals surface area contributed by atoms with Crippen LogP contribution in [0.25, 0.3) is 11.4 Å². The molecule has 8 heteroatoms. The number of rotatable bonds is 7. The van der Waals surface area contributed by atoms with E-state index in [0.29, 0.717) is 27.9 Å². The van der Waals surface area contributed by atoms with Crippen LogP contribution in [-0.2, 0) is 11.3 Å². The van der Waals surface area contributed by atoms with Crippen molar-refractivity contribution in [3.05, 3.63) is 59.4 Å². The van der Waals surface area contributed by atoms with Gasteiger partial charge in [-0.2, -0.15) is 4.98 Å². The van der Waals surface area contributed by atoms with Gasteiger partial charge in [0.25, 0.3) is 5.91 Å². The maximum Gasteiger partial charge on any atom is 0.258 e. The van der Waals surface area contributed by atoms with Crippen LogP contribution < -0.4 is 14.8 Å². The summed E-state index contributed by atoms with van der Waals surface area (Å²) in [6.45, 7) is -0.0720. The van der Waals surface area contributed by atoms with Crippen molar-refractivity contribution in [2.24, 2.45) is 0 Å². The molecule has 0 atom stereocenters. The Kier molecular flexibility index (Phi) is 5.70. The van der Waals surface area contributed by atoms with Crippen LogP contribution in [0.4, 0.5) is 0 Å². The van der Waals surface area contributed by atoms with E-state index >= 15 is 0 Å². The third-order valence-corrected chi connectivity index (χ3v) is 3.78. The second kappa shape index (κ2) is 8.35. The van der Waals surface area contributed by atoms with E-state index in [1.54, 1.807) is 30.3 Å². The lowest BCUT2D eigenvalue weighted by molar-refractivity contribution is -0.123. The second-order valence-electron chi connectivity index (χ2n) is 5.21. The maximum absolute atomic E-state index is 11.9. The van der Waals surface area contributed by atoms with Crippen molar-refractivity contribution in [3.8, 4) is 22.9 Å². The summed E-state index contributed by atoms with van der Waals surface area (Å²) in [5, 5.41) is 7.05. The Hall–Kier alpha value is -3.06. The summed E-state index contributed by atoms with van der Waals surface area (Å²) in [5.41, 5.74) is 0.662. The molecule has 1 heterocycles. The number of carbonyl (C=O) groups is 1. The Morgan fingerprint density at radius 2 is 1.88 bits per heavy atom. The monoisotopic (exact) mass is 373 g/mol. The molecule has 0 aliphatic heterocycles. The third kappa shape index (κ3) is 4.31. The molecule has 0 spiro atoms. The summed E-state index contributed by atoms with van der Waals surface area (Å²) >= 11 is 6.10. The molecule has 7 nitrogen and oxygen atoms in total. The largest absolute Gasteiger partial charge is 0.493 e. The zero-order valence-corrected chi connectivity index (χ0v) is 14.7. The van der Waals surface area contributed by atoms with Gasteiger partial charge in [-0.25, -0.2) is 0 Å². The van der Waals surface area contributed by atoms with E-state index in [1.165, 1.54) is 7.11 Å². The van der Waals surface area contributed by atoms with E-state index in [-0.39, 0.29) is 24.9 Å². The molecule has 3 rings (SSSR count). The summed E-state index contributed by atoms with van der Waals surface area (Å²) in [7, 11) is 1.54. The highest BCUT2D eigenvalue weighted by Crippen LogP contribution is 2.26. The molecule has 1 amide bonds. The van der Waals surface area contributed by atoms with Crippen LogP contribution in [0.5, 0.6) is 11.5 Å². The molecule has 1 aromatic heterocycles. The zero-order valence-electron chi connectivity index (χ0n) is 13.9. The first kappa shape index (κ1) is 17.8. The van der Waals surface area contributed by atoms with Crippen LogP contribution in [0.1, 0.15) is 5.89 Å². The Morgan fingerprint density at radius 1 is 1.15 bits per heavy atom. The van der Waals surface area contributed by atoms with Crippen LogP contribution >= 0.6 is 11.6 Å². The molecule has 134 valence electrons. The predicted molar refractivity (Wildman–Crippen MR) is 95.1 cm³/mol. The van der Waals surface area contributed by atoms with Crippen LogP contribution in [0.3, 0.4) is 0 Å². The van der Waals surface area contributed by atoms with Gasteiger partial charge < -0.3 is 19.3 Å². The first-order valence-corrected chi connectivity index (χ1v) is 8.15. The van der Waals surface area contributed by atoms with Crippen molar-refractivity contribution < 1.29 is 18.8 Å². The molecular weight excluding hydrogens is 358 g/mol. The number of nitrogens with one attached hydrogen (secondary N) is 1. The fourth-order valence-electron chi connectivity index (χ4n) is 2.19. The Balaban J connectivity index is 1.53. The van der Waals surface area contributed by atoms with Crippen LogP contribution in [0.15, 0.2) is 53.1 Å². The van der Waals surface area contributed by atoms with Crippen LogP contribution in [0, 0.1) is 0 Å². The van der Waals surface area contributed by atoms with E-state index in [4.69, 9.17) is 25.6 Å². The van der Waals surface area contributed by atoms with Gasteiger partial charge in [0.05, 0.1) is 18.7 Å². The lowest BCUT2D eigenvalue weighted by atomic mass is 10.2. The van der Waals surface area contributed by atoms with Gasteiger partial charge in [-0.05, 0) is 24.3 Å². The predicted octanol–water partition coefficient (Wildman–Crippen LogP) is 3.09. The lowest BCUT2D eigenvalue weighted by Gasteiger charge is -2.09. The van der Waals surface area contributed by atoms with Crippen molar-refractivity contribution in [2.75, 3.05) is 13.7 Å². The first-order valence-electron chi connectivity index (χ1n) is 7.77. The molecule has 26 heavy (non-hydrogen) atoms. The number of benzene rings is 2. The molecule has 1 N–H and O–H groups in total. The molecule has 3 aromatic rings. The van der Waals surface area contributed by atoms with Crippen molar-refractivity contribution in [3.63, 3.8) is 0 Å². The zero-order chi connectivity index (χ0) is 18.4. The van der Waals surface area contributed by atoms with Crippen molar-refractivity contribution in [2.45, 2.75) is 6.54 Å². The quantitative estimate of drug-likeness (QED) is 0.684. The van der Waals surface area contributed by atoms with Crippen LogP contribution in [0.2, 0.25) is 5.02 Å². The second-order valence-corrected chi connectivity index (χ2v) is 5.62. The van der Waals surface area contributed by atoms with E-state index in [9.17, 15) is 4.79 Å². The van der Waals surface area contributed by atoms with Gasteiger partial charge in [-0.15, -0.1) is 0 Å². The van der Waals surface area contributed by atoms with Crippen molar-refractivity contribution >= 4 is 17.5 Å². The number of para-hydroxylation sites is 2. The van der Waals surface area contributed by atoms with E-state index in [1.807, 2.05) is 18.2 Å². The van der Waals surface area contributed by atoms with Crippen molar-refractivity contribution in [1.29, 1.82) is 0 Å². The van der Waals surface area contributed by atoms with Crippen molar-refractivity contribution in [1.82, 2.24) is 15.5 Å². The minimum Gasteiger partial charge on any atom is -0.493 e. The number of hydrogen-bond acceptors (Lipinski definition) is 6. The average Bonchev–Trinajstić information content (AvgIpc) is 3.14. The minimum atomic E-state index is -0.326. The molecule has 0 unspecified atom stereocenters. The molecule has 0 saturated carbocycles.